The minimum Gasteiger partial charge on any atom is -0.462 e. The van der Waals surface area contributed by atoms with Crippen LogP contribution in [0.25, 0.3) is 0 Å². The van der Waals surface area contributed by atoms with Crippen molar-refractivity contribution in [1.29, 1.82) is 0 Å². The van der Waals surface area contributed by atoms with Crippen molar-refractivity contribution in [3.05, 3.63) is 27.7 Å². The number of esters is 1. The third-order valence-electron chi connectivity index (χ3n) is 2.54. The van der Waals surface area contributed by atoms with Crippen molar-refractivity contribution in [3.8, 4) is 0 Å². The highest BCUT2D eigenvalue weighted by Gasteiger charge is 2.21. The molecule has 0 saturated heterocycles. The monoisotopic (exact) mass is 368 g/mol. The van der Waals surface area contributed by atoms with Gasteiger partial charge >= 0.3 is 5.97 Å². The molecule has 0 aromatic heterocycles. The number of ether oxygens (including phenoxy) is 1. The van der Waals surface area contributed by atoms with Gasteiger partial charge in [-0.05, 0) is 31.0 Å². The third-order valence-corrected chi connectivity index (χ3v) is 4.44. The molecule has 0 spiro atoms. The molecule has 0 aliphatic carbocycles. The average Bonchev–Trinajstić information content (AvgIpc) is 2.30. The Morgan fingerprint density at radius 3 is 2.58 bits per heavy atom. The lowest BCUT2D eigenvalue weighted by atomic mass is 10.1. The van der Waals surface area contributed by atoms with Crippen LogP contribution in [-0.4, -0.2) is 21.0 Å². The van der Waals surface area contributed by atoms with Crippen LogP contribution in [0.4, 0.5) is 0 Å². The maximum Gasteiger partial charge on any atom is 0.338 e. The van der Waals surface area contributed by atoms with Crippen molar-refractivity contribution < 1.29 is 17.9 Å². The molecule has 19 heavy (non-hydrogen) atoms. The Morgan fingerprint density at radius 1 is 1.42 bits per heavy atom. The Balaban J connectivity index is 3.15. The van der Waals surface area contributed by atoms with Crippen LogP contribution in [0, 0.1) is 6.92 Å². The van der Waals surface area contributed by atoms with Gasteiger partial charge in [-0.25, -0.2) is 13.2 Å². The first kappa shape index (κ1) is 16.5. The van der Waals surface area contributed by atoms with Crippen LogP contribution in [-0.2, 0) is 13.8 Å². The highest BCUT2D eigenvalue weighted by Crippen LogP contribution is 2.27. The van der Waals surface area contributed by atoms with Gasteiger partial charge < -0.3 is 4.74 Å². The Kier molecular flexibility index (Phi) is 5.82. The van der Waals surface area contributed by atoms with Crippen LogP contribution in [0.1, 0.15) is 35.7 Å². The van der Waals surface area contributed by atoms with Crippen molar-refractivity contribution >= 4 is 41.6 Å². The fourth-order valence-corrected chi connectivity index (χ4v) is 3.34. The highest BCUT2D eigenvalue weighted by molar-refractivity contribution is 9.10. The zero-order chi connectivity index (χ0) is 14.6. The second-order valence-electron chi connectivity index (χ2n) is 4.00. The summed E-state index contributed by atoms with van der Waals surface area (Å²) in [5.41, 5.74) is 0.490. The molecule has 1 rings (SSSR count). The molecule has 0 bridgehead atoms. The number of halogens is 2. The smallest absolute Gasteiger partial charge is 0.338 e. The van der Waals surface area contributed by atoms with Gasteiger partial charge in [0.1, 0.15) is 0 Å². The van der Waals surface area contributed by atoms with Gasteiger partial charge in [0.2, 0.25) is 0 Å². The topological polar surface area (TPSA) is 60.4 Å². The number of benzene rings is 1. The lowest BCUT2D eigenvalue weighted by Gasteiger charge is -2.10. The summed E-state index contributed by atoms with van der Waals surface area (Å²) in [6.07, 6.45) is 1.67. The van der Waals surface area contributed by atoms with E-state index in [2.05, 4.69) is 15.9 Å². The predicted molar refractivity (Wildman–Crippen MR) is 77.1 cm³/mol. The molecule has 4 nitrogen and oxygen atoms in total. The largest absolute Gasteiger partial charge is 0.462 e. The first-order valence-electron chi connectivity index (χ1n) is 5.69. The first-order chi connectivity index (χ1) is 8.77. The summed E-state index contributed by atoms with van der Waals surface area (Å²) in [7, 11) is 1.44. The third kappa shape index (κ3) is 4.47. The van der Waals surface area contributed by atoms with Crippen LogP contribution < -0.4 is 0 Å². The Labute approximate surface area is 125 Å². The van der Waals surface area contributed by atoms with E-state index in [1.54, 1.807) is 0 Å². The quantitative estimate of drug-likeness (QED) is 0.451. The van der Waals surface area contributed by atoms with Gasteiger partial charge in [-0.15, -0.1) is 0 Å². The summed E-state index contributed by atoms with van der Waals surface area (Å²) in [5.74, 6) is -0.547. The van der Waals surface area contributed by atoms with Crippen LogP contribution in [0.15, 0.2) is 21.5 Å². The molecule has 0 N–H and O–H groups in total. The summed E-state index contributed by atoms with van der Waals surface area (Å²) in [6, 6.07) is 2.88. The van der Waals surface area contributed by atoms with Crippen molar-refractivity contribution in [1.82, 2.24) is 0 Å². The molecule has 0 amide bonds. The molecule has 0 heterocycles. The summed E-state index contributed by atoms with van der Waals surface area (Å²) in [5, 5.41) is 0. The zero-order valence-corrected chi connectivity index (χ0v) is 13.7. The highest BCUT2D eigenvalue weighted by atomic mass is 79.9. The normalized spacial score (nSPS) is 11.4. The van der Waals surface area contributed by atoms with Gasteiger partial charge in [0.25, 0.3) is 9.05 Å². The number of carbonyl (C=O) groups excluding carboxylic acids is 1. The lowest BCUT2D eigenvalue weighted by Crippen LogP contribution is -2.10. The number of unbranched alkanes of at least 4 members (excludes halogenated alkanes) is 1. The Hall–Kier alpha value is -0.590. The minimum atomic E-state index is -3.90. The molecule has 0 aliphatic heterocycles. The SMILES string of the molecule is CCCCOC(=O)c1cc(Br)cc(S(=O)(=O)Cl)c1C. The maximum atomic E-state index is 11.9. The Bertz CT molecular complexity index is 584. The second kappa shape index (κ2) is 6.72. The maximum absolute atomic E-state index is 11.9. The van der Waals surface area contributed by atoms with E-state index in [1.807, 2.05) is 6.92 Å². The fraction of sp³-hybridized carbons (Fsp3) is 0.417. The molecular weight excluding hydrogens is 356 g/mol. The van der Waals surface area contributed by atoms with E-state index < -0.39 is 15.0 Å². The van der Waals surface area contributed by atoms with Crippen molar-refractivity contribution in [2.24, 2.45) is 0 Å². The molecule has 0 atom stereocenters. The van der Waals surface area contributed by atoms with Crippen LogP contribution in [0.3, 0.4) is 0 Å². The molecule has 0 unspecified atom stereocenters. The number of rotatable bonds is 5. The zero-order valence-electron chi connectivity index (χ0n) is 10.6. The summed E-state index contributed by atoms with van der Waals surface area (Å²) in [6.45, 7) is 3.82. The molecule has 1 aromatic carbocycles. The van der Waals surface area contributed by atoms with Gasteiger partial charge in [-0.3, -0.25) is 0 Å². The van der Waals surface area contributed by atoms with Gasteiger partial charge in [-0.1, -0.05) is 29.3 Å². The van der Waals surface area contributed by atoms with Crippen molar-refractivity contribution in [3.63, 3.8) is 0 Å². The average molecular weight is 370 g/mol. The Morgan fingerprint density at radius 2 is 2.05 bits per heavy atom. The van der Waals surface area contributed by atoms with E-state index in [4.69, 9.17) is 15.4 Å². The van der Waals surface area contributed by atoms with Gasteiger partial charge in [-0.2, -0.15) is 0 Å². The molecule has 7 heteroatoms. The van der Waals surface area contributed by atoms with E-state index in [1.165, 1.54) is 19.1 Å². The summed E-state index contributed by atoms with van der Waals surface area (Å²) < 4.78 is 28.4. The molecule has 106 valence electrons. The van der Waals surface area contributed by atoms with Crippen LogP contribution in [0.2, 0.25) is 0 Å². The molecule has 0 aliphatic rings. The van der Waals surface area contributed by atoms with E-state index in [9.17, 15) is 13.2 Å². The lowest BCUT2D eigenvalue weighted by molar-refractivity contribution is 0.0498. The molecule has 0 radical (unpaired) electrons. The van der Waals surface area contributed by atoms with Crippen LogP contribution in [0.5, 0.6) is 0 Å². The van der Waals surface area contributed by atoms with Gasteiger partial charge in [0, 0.05) is 15.2 Å². The van der Waals surface area contributed by atoms with Crippen molar-refractivity contribution in [2.45, 2.75) is 31.6 Å². The minimum absolute atomic E-state index is 0.0917. The standard InChI is InChI=1S/C12H14BrClO4S/c1-3-4-5-18-12(15)10-6-9(13)7-11(8(10)2)19(14,16)17/h6-7H,3-5H2,1-2H3. The van der Waals surface area contributed by atoms with Crippen LogP contribution >= 0.6 is 26.6 Å². The number of hydrogen-bond donors (Lipinski definition) is 0. The number of carbonyl (C=O) groups is 1. The fourth-order valence-electron chi connectivity index (χ4n) is 1.51. The molecule has 0 fully saturated rings. The van der Waals surface area contributed by atoms with E-state index >= 15 is 0 Å². The number of hydrogen-bond acceptors (Lipinski definition) is 4. The summed E-state index contributed by atoms with van der Waals surface area (Å²) >= 11 is 3.16. The molecular formula is C12H14BrClO4S. The van der Waals surface area contributed by atoms with Crippen molar-refractivity contribution in [2.75, 3.05) is 6.61 Å². The molecule has 0 saturated carbocycles. The second-order valence-corrected chi connectivity index (χ2v) is 7.45. The van der Waals surface area contributed by atoms with E-state index in [0.29, 0.717) is 16.6 Å². The van der Waals surface area contributed by atoms with E-state index in [-0.39, 0.29) is 10.5 Å². The van der Waals surface area contributed by atoms with Gasteiger partial charge in [0.15, 0.2) is 0 Å². The first-order valence-corrected chi connectivity index (χ1v) is 8.79. The predicted octanol–water partition coefficient (Wildman–Crippen LogP) is 3.64. The van der Waals surface area contributed by atoms with Gasteiger partial charge in [0.05, 0.1) is 17.1 Å². The molecule has 1 aromatic rings. The van der Waals surface area contributed by atoms with E-state index in [0.717, 1.165) is 12.8 Å². The summed E-state index contributed by atoms with van der Waals surface area (Å²) in [4.78, 5) is 11.8.